The molecule has 2 amide bonds. The molecule has 0 aliphatic heterocycles. The molecule has 1 N–H and O–H groups in total. The molecule has 1 atom stereocenters. The fraction of sp³-hybridized carbons (Fsp3) is 0.263. The van der Waals surface area contributed by atoms with Gasteiger partial charge in [0.15, 0.2) is 0 Å². The molecule has 2 rings (SSSR count). The van der Waals surface area contributed by atoms with Crippen LogP contribution in [0, 0.1) is 5.82 Å². The summed E-state index contributed by atoms with van der Waals surface area (Å²) in [6.45, 7) is 1.90. The molecule has 2 aromatic rings. The standard InChI is InChI=1S/C19H20ClFN2O2S/c1-13(19(25)22-2)23(11-14-3-7-16(21)8-4-14)18(24)12-26-17-9-5-15(20)6-10-17/h3-10,13H,11-12H2,1-2H3,(H,22,25)/t13-/m0/s1. The molecule has 26 heavy (non-hydrogen) atoms. The van der Waals surface area contributed by atoms with Gasteiger partial charge in [0.2, 0.25) is 11.8 Å². The first-order chi connectivity index (χ1) is 12.4. The maximum Gasteiger partial charge on any atom is 0.242 e. The van der Waals surface area contributed by atoms with Gasteiger partial charge in [0, 0.05) is 23.5 Å². The Morgan fingerprint density at radius 1 is 1.15 bits per heavy atom. The lowest BCUT2D eigenvalue weighted by atomic mass is 10.1. The van der Waals surface area contributed by atoms with Gasteiger partial charge in [-0.15, -0.1) is 11.8 Å². The maximum absolute atomic E-state index is 13.1. The molecule has 2 aromatic carbocycles. The molecule has 0 saturated heterocycles. The third kappa shape index (κ3) is 5.75. The number of hydrogen-bond acceptors (Lipinski definition) is 3. The van der Waals surface area contributed by atoms with Gasteiger partial charge in [-0.25, -0.2) is 4.39 Å². The van der Waals surface area contributed by atoms with Crippen molar-refractivity contribution in [1.82, 2.24) is 10.2 Å². The van der Waals surface area contributed by atoms with Crippen molar-refractivity contribution in [1.29, 1.82) is 0 Å². The van der Waals surface area contributed by atoms with Gasteiger partial charge < -0.3 is 10.2 Å². The smallest absolute Gasteiger partial charge is 0.242 e. The van der Waals surface area contributed by atoms with Crippen LogP contribution in [0.15, 0.2) is 53.4 Å². The fourth-order valence-corrected chi connectivity index (χ4v) is 3.25. The van der Waals surface area contributed by atoms with Crippen LogP contribution in [0.4, 0.5) is 4.39 Å². The summed E-state index contributed by atoms with van der Waals surface area (Å²) in [6, 6.07) is 12.5. The van der Waals surface area contributed by atoms with E-state index in [-0.39, 0.29) is 29.9 Å². The Kier molecular flexibility index (Phi) is 7.48. The third-order valence-electron chi connectivity index (χ3n) is 3.86. The van der Waals surface area contributed by atoms with Gasteiger partial charge in [-0.1, -0.05) is 23.7 Å². The molecule has 0 unspecified atom stereocenters. The Hall–Kier alpha value is -2.05. The summed E-state index contributed by atoms with van der Waals surface area (Å²) < 4.78 is 13.1. The Balaban J connectivity index is 2.10. The molecular formula is C19H20ClFN2O2S. The molecular weight excluding hydrogens is 375 g/mol. The van der Waals surface area contributed by atoms with Crippen LogP contribution in [0.2, 0.25) is 5.02 Å². The van der Waals surface area contributed by atoms with E-state index >= 15 is 0 Å². The van der Waals surface area contributed by atoms with Gasteiger partial charge in [-0.2, -0.15) is 0 Å². The average Bonchev–Trinajstić information content (AvgIpc) is 2.65. The highest BCUT2D eigenvalue weighted by Gasteiger charge is 2.25. The second kappa shape index (κ2) is 9.59. The summed E-state index contributed by atoms with van der Waals surface area (Å²) in [7, 11) is 1.53. The second-order valence-electron chi connectivity index (χ2n) is 5.68. The molecule has 0 saturated carbocycles. The number of carbonyl (C=O) groups is 2. The van der Waals surface area contributed by atoms with E-state index in [1.807, 2.05) is 12.1 Å². The maximum atomic E-state index is 13.1. The van der Waals surface area contributed by atoms with E-state index in [0.717, 1.165) is 10.5 Å². The first-order valence-electron chi connectivity index (χ1n) is 8.04. The van der Waals surface area contributed by atoms with Gasteiger partial charge in [0.1, 0.15) is 11.9 Å². The van der Waals surface area contributed by atoms with Crippen molar-refractivity contribution in [2.75, 3.05) is 12.8 Å². The van der Waals surface area contributed by atoms with E-state index in [9.17, 15) is 14.0 Å². The number of thioether (sulfide) groups is 1. The number of benzene rings is 2. The van der Waals surface area contributed by atoms with Crippen LogP contribution in [-0.4, -0.2) is 35.6 Å². The van der Waals surface area contributed by atoms with Crippen LogP contribution in [0.5, 0.6) is 0 Å². The molecule has 138 valence electrons. The number of hydrogen-bond donors (Lipinski definition) is 1. The summed E-state index contributed by atoms with van der Waals surface area (Å²) in [6.07, 6.45) is 0. The van der Waals surface area contributed by atoms with Crippen molar-refractivity contribution in [3.05, 3.63) is 64.9 Å². The van der Waals surface area contributed by atoms with Crippen LogP contribution in [0.3, 0.4) is 0 Å². The van der Waals surface area contributed by atoms with E-state index in [4.69, 9.17) is 11.6 Å². The predicted octanol–water partition coefficient (Wildman–Crippen LogP) is 3.73. The summed E-state index contributed by atoms with van der Waals surface area (Å²) in [5, 5.41) is 3.19. The minimum atomic E-state index is -0.636. The highest BCUT2D eigenvalue weighted by atomic mass is 35.5. The normalized spacial score (nSPS) is 11.7. The van der Waals surface area contributed by atoms with Gasteiger partial charge in [-0.3, -0.25) is 9.59 Å². The number of likely N-dealkylation sites (N-methyl/N-ethyl adjacent to an activating group) is 1. The number of amides is 2. The van der Waals surface area contributed by atoms with Crippen LogP contribution in [0.25, 0.3) is 0 Å². The second-order valence-corrected chi connectivity index (χ2v) is 7.17. The molecule has 4 nitrogen and oxygen atoms in total. The zero-order valence-corrected chi connectivity index (χ0v) is 16.1. The molecule has 7 heteroatoms. The molecule has 0 spiro atoms. The molecule has 0 fully saturated rings. The molecule has 0 bridgehead atoms. The zero-order chi connectivity index (χ0) is 19.1. The van der Waals surface area contributed by atoms with Crippen molar-refractivity contribution in [3.63, 3.8) is 0 Å². The Bertz CT molecular complexity index is 753. The lowest BCUT2D eigenvalue weighted by molar-refractivity contribution is -0.138. The highest BCUT2D eigenvalue weighted by molar-refractivity contribution is 8.00. The van der Waals surface area contributed by atoms with Gasteiger partial charge in [-0.05, 0) is 48.9 Å². The average molecular weight is 395 g/mol. The minimum absolute atomic E-state index is 0.176. The minimum Gasteiger partial charge on any atom is -0.357 e. The number of nitrogens with one attached hydrogen (secondary N) is 1. The first kappa shape index (κ1) is 20.3. The molecule has 0 aliphatic rings. The van der Waals surface area contributed by atoms with E-state index < -0.39 is 6.04 Å². The van der Waals surface area contributed by atoms with Gasteiger partial charge in [0.05, 0.1) is 5.75 Å². The molecule has 0 radical (unpaired) electrons. The Labute approximate surface area is 161 Å². The Morgan fingerprint density at radius 3 is 2.35 bits per heavy atom. The van der Waals surface area contributed by atoms with Gasteiger partial charge in [0.25, 0.3) is 0 Å². The molecule has 0 aromatic heterocycles. The molecule has 0 aliphatic carbocycles. The van der Waals surface area contributed by atoms with Crippen LogP contribution in [0.1, 0.15) is 12.5 Å². The Morgan fingerprint density at radius 2 is 1.77 bits per heavy atom. The topological polar surface area (TPSA) is 49.4 Å². The molecule has 0 heterocycles. The fourth-order valence-electron chi connectivity index (χ4n) is 2.34. The van der Waals surface area contributed by atoms with Crippen molar-refractivity contribution in [2.45, 2.75) is 24.4 Å². The quantitative estimate of drug-likeness (QED) is 0.728. The first-order valence-corrected chi connectivity index (χ1v) is 9.41. The van der Waals surface area contributed by atoms with E-state index in [0.29, 0.717) is 5.02 Å². The lowest BCUT2D eigenvalue weighted by Gasteiger charge is -2.28. The summed E-state index contributed by atoms with van der Waals surface area (Å²) in [4.78, 5) is 27.2. The number of rotatable bonds is 7. The van der Waals surface area contributed by atoms with E-state index in [1.54, 1.807) is 31.2 Å². The van der Waals surface area contributed by atoms with Gasteiger partial charge >= 0.3 is 0 Å². The number of halogens is 2. The van der Waals surface area contributed by atoms with Crippen molar-refractivity contribution in [2.24, 2.45) is 0 Å². The lowest BCUT2D eigenvalue weighted by Crippen LogP contribution is -2.47. The largest absolute Gasteiger partial charge is 0.357 e. The third-order valence-corrected chi connectivity index (χ3v) is 5.10. The monoisotopic (exact) mass is 394 g/mol. The number of carbonyl (C=O) groups excluding carboxylic acids is 2. The van der Waals surface area contributed by atoms with Crippen LogP contribution < -0.4 is 5.32 Å². The van der Waals surface area contributed by atoms with E-state index in [1.165, 1.54) is 35.8 Å². The predicted molar refractivity (Wildman–Crippen MR) is 103 cm³/mol. The van der Waals surface area contributed by atoms with E-state index in [2.05, 4.69) is 5.32 Å². The van der Waals surface area contributed by atoms with Crippen LogP contribution >= 0.6 is 23.4 Å². The number of nitrogens with zero attached hydrogens (tertiary/aromatic N) is 1. The summed E-state index contributed by atoms with van der Waals surface area (Å²) >= 11 is 7.24. The summed E-state index contributed by atoms with van der Waals surface area (Å²) in [5.74, 6) is -0.587. The van der Waals surface area contributed by atoms with Crippen molar-refractivity contribution < 1.29 is 14.0 Å². The van der Waals surface area contributed by atoms with Crippen molar-refractivity contribution in [3.8, 4) is 0 Å². The highest BCUT2D eigenvalue weighted by Crippen LogP contribution is 2.21. The SMILES string of the molecule is CNC(=O)[C@H](C)N(Cc1ccc(F)cc1)C(=O)CSc1ccc(Cl)cc1. The summed E-state index contributed by atoms with van der Waals surface area (Å²) in [5.41, 5.74) is 0.756. The van der Waals surface area contributed by atoms with Crippen LogP contribution in [-0.2, 0) is 16.1 Å². The zero-order valence-electron chi connectivity index (χ0n) is 14.5. The van der Waals surface area contributed by atoms with Crippen molar-refractivity contribution >= 4 is 35.2 Å².